The van der Waals surface area contributed by atoms with Crippen molar-refractivity contribution in [3.8, 4) is 0 Å². The monoisotopic (exact) mass is 232 g/mol. The second kappa shape index (κ2) is 5.32. The summed E-state index contributed by atoms with van der Waals surface area (Å²) in [6, 6.07) is 6.00. The van der Waals surface area contributed by atoms with Crippen LogP contribution in [0, 0.1) is 13.8 Å². The number of piperidine rings is 1. The fraction of sp³-hybridized carbons (Fsp3) is 0.500. The third-order valence-electron chi connectivity index (χ3n) is 3.40. The number of amides is 1. The maximum atomic E-state index is 12.0. The average Bonchev–Trinajstić information content (AvgIpc) is 2.35. The van der Waals surface area contributed by atoms with Crippen molar-refractivity contribution >= 4 is 11.6 Å². The van der Waals surface area contributed by atoms with E-state index in [-0.39, 0.29) is 11.9 Å². The molecule has 1 fully saturated rings. The third-order valence-corrected chi connectivity index (χ3v) is 3.40. The minimum Gasteiger partial charge on any atom is -0.325 e. The van der Waals surface area contributed by atoms with Crippen LogP contribution >= 0.6 is 0 Å². The lowest BCUT2D eigenvalue weighted by molar-refractivity contribution is -0.118. The molecule has 3 heteroatoms. The van der Waals surface area contributed by atoms with Crippen LogP contribution < -0.4 is 10.6 Å². The first-order valence-corrected chi connectivity index (χ1v) is 6.28. The van der Waals surface area contributed by atoms with Crippen LogP contribution in [0.2, 0.25) is 0 Å². The molecule has 1 saturated heterocycles. The van der Waals surface area contributed by atoms with E-state index in [0.717, 1.165) is 25.1 Å². The van der Waals surface area contributed by atoms with Crippen LogP contribution in [-0.2, 0) is 4.79 Å². The lowest BCUT2D eigenvalue weighted by atomic mass is 10.0. The molecular weight excluding hydrogens is 212 g/mol. The van der Waals surface area contributed by atoms with E-state index in [1.165, 1.54) is 17.5 Å². The van der Waals surface area contributed by atoms with E-state index in [0.29, 0.717) is 0 Å². The summed E-state index contributed by atoms with van der Waals surface area (Å²) < 4.78 is 0. The fourth-order valence-electron chi connectivity index (χ4n) is 2.12. The Hall–Kier alpha value is -1.35. The number of carbonyl (C=O) groups is 1. The molecule has 2 rings (SSSR count). The van der Waals surface area contributed by atoms with Crippen LogP contribution in [0.25, 0.3) is 0 Å². The lowest BCUT2D eigenvalue weighted by Crippen LogP contribution is -2.43. The number of hydrogen-bond donors (Lipinski definition) is 2. The third kappa shape index (κ3) is 3.07. The van der Waals surface area contributed by atoms with Gasteiger partial charge in [0, 0.05) is 5.69 Å². The highest BCUT2D eigenvalue weighted by molar-refractivity contribution is 5.95. The predicted molar refractivity (Wildman–Crippen MR) is 70.2 cm³/mol. The van der Waals surface area contributed by atoms with E-state index in [9.17, 15) is 4.79 Å². The summed E-state index contributed by atoms with van der Waals surface area (Å²) in [4.78, 5) is 12.0. The first-order valence-electron chi connectivity index (χ1n) is 6.28. The largest absolute Gasteiger partial charge is 0.325 e. The predicted octanol–water partition coefficient (Wildman–Crippen LogP) is 2.38. The molecular formula is C14H20N2O. The van der Waals surface area contributed by atoms with Gasteiger partial charge in [-0.2, -0.15) is 0 Å². The molecule has 1 amide bonds. The average molecular weight is 232 g/mol. The van der Waals surface area contributed by atoms with Gasteiger partial charge in [-0.3, -0.25) is 4.79 Å². The quantitative estimate of drug-likeness (QED) is 0.822. The molecule has 0 aromatic heterocycles. The Balaban J connectivity index is 1.99. The smallest absolute Gasteiger partial charge is 0.241 e. The molecule has 92 valence electrons. The summed E-state index contributed by atoms with van der Waals surface area (Å²) in [6.07, 6.45) is 3.25. The summed E-state index contributed by atoms with van der Waals surface area (Å²) >= 11 is 0. The van der Waals surface area contributed by atoms with Gasteiger partial charge in [0.25, 0.3) is 0 Å². The zero-order valence-electron chi connectivity index (χ0n) is 10.5. The van der Waals surface area contributed by atoms with E-state index in [1.807, 2.05) is 18.2 Å². The van der Waals surface area contributed by atoms with Gasteiger partial charge >= 0.3 is 0 Å². The highest BCUT2D eigenvalue weighted by Crippen LogP contribution is 2.15. The Labute approximate surface area is 103 Å². The number of aryl methyl sites for hydroxylation is 2. The van der Waals surface area contributed by atoms with Crippen LogP contribution in [0.3, 0.4) is 0 Å². The van der Waals surface area contributed by atoms with Gasteiger partial charge in [-0.1, -0.05) is 12.5 Å². The molecule has 2 N–H and O–H groups in total. The van der Waals surface area contributed by atoms with Crippen molar-refractivity contribution in [2.24, 2.45) is 0 Å². The normalized spacial score (nSPS) is 20.0. The molecule has 1 aliphatic heterocycles. The van der Waals surface area contributed by atoms with Crippen molar-refractivity contribution in [3.05, 3.63) is 29.3 Å². The second-order valence-corrected chi connectivity index (χ2v) is 4.79. The number of nitrogens with one attached hydrogen (secondary N) is 2. The minimum absolute atomic E-state index is 0.0228. The lowest BCUT2D eigenvalue weighted by Gasteiger charge is -2.22. The molecule has 1 atom stereocenters. The Morgan fingerprint density at radius 3 is 2.76 bits per heavy atom. The SMILES string of the molecule is Cc1ccc(NC(=O)[C@@H]2CCCCN2)cc1C. The summed E-state index contributed by atoms with van der Waals surface area (Å²) in [7, 11) is 0. The Morgan fingerprint density at radius 1 is 1.29 bits per heavy atom. The van der Waals surface area contributed by atoms with Crippen molar-refractivity contribution in [1.29, 1.82) is 0 Å². The number of benzene rings is 1. The van der Waals surface area contributed by atoms with Crippen LogP contribution in [0.15, 0.2) is 18.2 Å². The maximum Gasteiger partial charge on any atom is 0.241 e. The van der Waals surface area contributed by atoms with Gasteiger partial charge in [0.05, 0.1) is 6.04 Å². The van der Waals surface area contributed by atoms with Crippen molar-refractivity contribution < 1.29 is 4.79 Å². The molecule has 17 heavy (non-hydrogen) atoms. The second-order valence-electron chi connectivity index (χ2n) is 4.79. The number of rotatable bonds is 2. The summed E-state index contributed by atoms with van der Waals surface area (Å²) in [5.74, 6) is 0.0907. The molecule has 1 heterocycles. The van der Waals surface area contributed by atoms with Gasteiger partial charge in [-0.15, -0.1) is 0 Å². The summed E-state index contributed by atoms with van der Waals surface area (Å²) in [6.45, 7) is 5.08. The number of carbonyl (C=O) groups excluding carboxylic acids is 1. The molecule has 0 aliphatic carbocycles. The van der Waals surface area contributed by atoms with E-state index in [4.69, 9.17) is 0 Å². The van der Waals surface area contributed by atoms with Gasteiger partial charge in [0.2, 0.25) is 5.91 Å². The molecule has 3 nitrogen and oxygen atoms in total. The zero-order chi connectivity index (χ0) is 12.3. The highest BCUT2D eigenvalue weighted by atomic mass is 16.2. The minimum atomic E-state index is -0.0228. The Bertz CT molecular complexity index is 409. The first kappa shape index (κ1) is 12.1. The van der Waals surface area contributed by atoms with Gasteiger partial charge in [0.15, 0.2) is 0 Å². The Morgan fingerprint density at radius 2 is 2.12 bits per heavy atom. The molecule has 1 aliphatic rings. The molecule has 1 aromatic carbocycles. The highest BCUT2D eigenvalue weighted by Gasteiger charge is 2.20. The van der Waals surface area contributed by atoms with Gasteiger partial charge in [-0.05, 0) is 56.5 Å². The van der Waals surface area contributed by atoms with Crippen LogP contribution in [0.4, 0.5) is 5.69 Å². The van der Waals surface area contributed by atoms with E-state index >= 15 is 0 Å². The van der Waals surface area contributed by atoms with Crippen molar-refractivity contribution in [3.63, 3.8) is 0 Å². The van der Waals surface area contributed by atoms with Crippen molar-refractivity contribution in [1.82, 2.24) is 5.32 Å². The summed E-state index contributed by atoms with van der Waals surface area (Å²) in [5, 5.41) is 6.23. The topological polar surface area (TPSA) is 41.1 Å². The summed E-state index contributed by atoms with van der Waals surface area (Å²) in [5.41, 5.74) is 3.35. The van der Waals surface area contributed by atoms with Crippen molar-refractivity contribution in [2.45, 2.75) is 39.2 Å². The Kier molecular flexibility index (Phi) is 3.79. The van der Waals surface area contributed by atoms with Crippen LogP contribution in [-0.4, -0.2) is 18.5 Å². The van der Waals surface area contributed by atoms with E-state index < -0.39 is 0 Å². The van der Waals surface area contributed by atoms with Gasteiger partial charge < -0.3 is 10.6 Å². The molecule has 0 unspecified atom stereocenters. The van der Waals surface area contributed by atoms with Crippen LogP contribution in [0.1, 0.15) is 30.4 Å². The van der Waals surface area contributed by atoms with Crippen LogP contribution in [0.5, 0.6) is 0 Å². The molecule has 0 saturated carbocycles. The first-order chi connectivity index (χ1) is 8.16. The van der Waals surface area contributed by atoms with Gasteiger partial charge in [0.1, 0.15) is 0 Å². The van der Waals surface area contributed by atoms with E-state index in [1.54, 1.807) is 0 Å². The standard InChI is InChI=1S/C14H20N2O/c1-10-6-7-12(9-11(10)2)16-14(17)13-5-3-4-8-15-13/h6-7,9,13,15H,3-5,8H2,1-2H3,(H,16,17)/t13-/m0/s1. The number of hydrogen-bond acceptors (Lipinski definition) is 2. The molecule has 0 spiro atoms. The van der Waals surface area contributed by atoms with E-state index in [2.05, 4.69) is 24.5 Å². The zero-order valence-corrected chi connectivity index (χ0v) is 10.5. The number of anilines is 1. The van der Waals surface area contributed by atoms with Crippen molar-refractivity contribution in [2.75, 3.05) is 11.9 Å². The van der Waals surface area contributed by atoms with Gasteiger partial charge in [-0.25, -0.2) is 0 Å². The molecule has 0 bridgehead atoms. The molecule has 0 radical (unpaired) electrons. The fourth-order valence-corrected chi connectivity index (χ4v) is 2.12. The maximum absolute atomic E-state index is 12.0. The molecule has 1 aromatic rings.